The first-order chi connectivity index (χ1) is 10.6. The average molecular weight is 300 g/mol. The zero-order chi connectivity index (χ0) is 15.9. The van der Waals surface area contributed by atoms with Gasteiger partial charge in [0.2, 0.25) is 5.91 Å². The van der Waals surface area contributed by atoms with Gasteiger partial charge < -0.3 is 14.9 Å². The number of benzene rings is 2. The Bertz CT molecular complexity index is 698. The molecule has 3 N–H and O–H groups in total. The molecule has 0 aliphatic rings. The maximum absolute atomic E-state index is 11.8. The SMILES string of the molecule is COc1cccc(CC(=O)N/N=C/c2ccc(O)cc2O)c1. The second kappa shape index (κ2) is 7.12. The van der Waals surface area contributed by atoms with Gasteiger partial charge in [-0.15, -0.1) is 0 Å². The molecule has 22 heavy (non-hydrogen) atoms. The average Bonchev–Trinajstić information content (AvgIpc) is 2.49. The van der Waals surface area contributed by atoms with Gasteiger partial charge in [-0.3, -0.25) is 4.79 Å². The fourth-order valence-electron chi connectivity index (χ4n) is 1.82. The maximum atomic E-state index is 11.8. The Morgan fingerprint density at radius 1 is 1.27 bits per heavy atom. The lowest BCUT2D eigenvalue weighted by molar-refractivity contribution is -0.120. The van der Waals surface area contributed by atoms with Gasteiger partial charge in [-0.1, -0.05) is 12.1 Å². The first-order valence-corrected chi connectivity index (χ1v) is 6.55. The van der Waals surface area contributed by atoms with Crippen LogP contribution in [0.25, 0.3) is 0 Å². The number of aromatic hydroxyl groups is 2. The largest absolute Gasteiger partial charge is 0.508 e. The Labute approximate surface area is 127 Å². The van der Waals surface area contributed by atoms with E-state index >= 15 is 0 Å². The molecule has 2 rings (SSSR count). The number of rotatable bonds is 5. The summed E-state index contributed by atoms with van der Waals surface area (Å²) in [6.07, 6.45) is 1.47. The summed E-state index contributed by atoms with van der Waals surface area (Å²) in [5.41, 5.74) is 3.57. The Balaban J connectivity index is 1.93. The van der Waals surface area contributed by atoms with Gasteiger partial charge >= 0.3 is 0 Å². The molecule has 0 aromatic heterocycles. The quantitative estimate of drug-likeness (QED) is 0.580. The smallest absolute Gasteiger partial charge is 0.244 e. The second-order valence-corrected chi connectivity index (χ2v) is 4.56. The van der Waals surface area contributed by atoms with Crippen LogP contribution in [0.3, 0.4) is 0 Å². The van der Waals surface area contributed by atoms with E-state index in [1.165, 1.54) is 24.4 Å². The number of phenolic OH excluding ortho intramolecular Hbond substituents is 2. The van der Waals surface area contributed by atoms with E-state index in [2.05, 4.69) is 10.5 Å². The highest BCUT2D eigenvalue weighted by Gasteiger charge is 2.04. The Morgan fingerprint density at radius 3 is 2.82 bits per heavy atom. The maximum Gasteiger partial charge on any atom is 0.244 e. The summed E-state index contributed by atoms with van der Waals surface area (Å²) in [4.78, 5) is 11.8. The number of hydrogen-bond donors (Lipinski definition) is 3. The molecule has 0 fully saturated rings. The van der Waals surface area contributed by atoms with Gasteiger partial charge in [0.05, 0.1) is 19.7 Å². The predicted octanol–water partition coefficient (Wildman–Crippen LogP) is 1.80. The fraction of sp³-hybridized carbons (Fsp3) is 0.125. The van der Waals surface area contributed by atoms with Crippen molar-refractivity contribution in [1.82, 2.24) is 5.43 Å². The van der Waals surface area contributed by atoms with E-state index in [0.29, 0.717) is 11.3 Å². The van der Waals surface area contributed by atoms with Crippen molar-refractivity contribution in [3.63, 3.8) is 0 Å². The lowest BCUT2D eigenvalue weighted by Gasteiger charge is -2.04. The van der Waals surface area contributed by atoms with Crippen molar-refractivity contribution in [2.45, 2.75) is 6.42 Å². The zero-order valence-corrected chi connectivity index (χ0v) is 12.0. The third-order valence-electron chi connectivity index (χ3n) is 2.91. The van der Waals surface area contributed by atoms with Gasteiger partial charge in [0.25, 0.3) is 0 Å². The first-order valence-electron chi connectivity index (χ1n) is 6.55. The fourth-order valence-corrected chi connectivity index (χ4v) is 1.82. The van der Waals surface area contributed by atoms with Crippen LogP contribution in [0.5, 0.6) is 17.2 Å². The van der Waals surface area contributed by atoms with Crippen molar-refractivity contribution in [3.05, 3.63) is 53.6 Å². The highest BCUT2D eigenvalue weighted by Crippen LogP contribution is 2.20. The van der Waals surface area contributed by atoms with Gasteiger partial charge in [-0.05, 0) is 29.8 Å². The third-order valence-corrected chi connectivity index (χ3v) is 2.91. The van der Waals surface area contributed by atoms with Crippen LogP contribution in [0.2, 0.25) is 0 Å². The molecule has 2 aromatic rings. The van der Waals surface area contributed by atoms with E-state index in [4.69, 9.17) is 4.74 Å². The van der Waals surface area contributed by atoms with Crippen LogP contribution in [0.15, 0.2) is 47.6 Å². The standard InChI is InChI=1S/C16H16N2O4/c1-22-14-4-2-3-11(7-14)8-16(21)18-17-10-12-5-6-13(19)9-15(12)20/h2-7,9-10,19-20H,8H2,1H3,(H,18,21)/b17-10+. The molecule has 0 saturated heterocycles. The summed E-state index contributed by atoms with van der Waals surface area (Å²) in [7, 11) is 1.56. The lowest BCUT2D eigenvalue weighted by Crippen LogP contribution is -2.19. The molecule has 0 radical (unpaired) electrons. The molecular formula is C16H16N2O4. The molecule has 0 heterocycles. The number of amides is 1. The molecule has 0 atom stereocenters. The predicted molar refractivity (Wildman–Crippen MR) is 82.2 cm³/mol. The molecule has 6 heteroatoms. The van der Waals surface area contributed by atoms with Crippen LogP contribution in [0.4, 0.5) is 0 Å². The number of nitrogens with zero attached hydrogens (tertiary/aromatic N) is 1. The number of carbonyl (C=O) groups is 1. The van der Waals surface area contributed by atoms with Gasteiger partial charge in [-0.2, -0.15) is 5.10 Å². The molecule has 0 saturated carbocycles. The minimum atomic E-state index is -0.289. The molecule has 0 unspecified atom stereocenters. The van der Waals surface area contributed by atoms with Crippen LogP contribution in [-0.4, -0.2) is 29.4 Å². The molecule has 0 bridgehead atoms. The second-order valence-electron chi connectivity index (χ2n) is 4.56. The number of nitrogens with one attached hydrogen (secondary N) is 1. The van der Waals surface area contributed by atoms with E-state index < -0.39 is 0 Å². The van der Waals surface area contributed by atoms with Crippen LogP contribution >= 0.6 is 0 Å². The van der Waals surface area contributed by atoms with Crippen LogP contribution in [0, 0.1) is 0 Å². The van der Waals surface area contributed by atoms with Crippen molar-refractivity contribution in [2.75, 3.05) is 7.11 Å². The summed E-state index contributed by atoms with van der Waals surface area (Å²) in [5.74, 6) is 0.230. The van der Waals surface area contributed by atoms with Gasteiger partial charge in [0, 0.05) is 11.6 Å². The summed E-state index contributed by atoms with van der Waals surface area (Å²) < 4.78 is 5.09. The zero-order valence-electron chi connectivity index (χ0n) is 12.0. The van der Waals surface area contributed by atoms with Gasteiger partial charge in [-0.25, -0.2) is 5.43 Å². The topological polar surface area (TPSA) is 91.2 Å². The van der Waals surface area contributed by atoms with Crippen molar-refractivity contribution in [2.24, 2.45) is 5.10 Å². The van der Waals surface area contributed by atoms with Gasteiger partial charge in [0.15, 0.2) is 0 Å². The van der Waals surface area contributed by atoms with Crippen molar-refractivity contribution in [1.29, 1.82) is 0 Å². The molecular weight excluding hydrogens is 284 g/mol. The molecule has 0 spiro atoms. The third kappa shape index (κ3) is 4.24. The van der Waals surface area contributed by atoms with E-state index in [-0.39, 0.29) is 23.8 Å². The molecule has 6 nitrogen and oxygen atoms in total. The normalized spacial score (nSPS) is 10.6. The summed E-state index contributed by atoms with van der Waals surface area (Å²) in [6, 6.07) is 11.3. The molecule has 1 amide bonds. The number of phenols is 2. The molecule has 2 aromatic carbocycles. The van der Waals surface area contributed by atoms with E-state index in [1.807, 2.05) is 6.07 Å². The van der Waals surface area contributed by atoms with E-state index in [9.17, 15) is 15.0 Å². The van der Waals surface area contributed by atoms with Crippen LogP contribution in [-0.2, 0) is 11.2 Å². The number of hydrazone groups is 1. The Morgan fingerprint density at radius 2 is 2.09 bits per heavy atom. The lowest BCUT2D eigenvalue weighted by atomic mass is 10.1. The summed E-state index contributed by atoms with van der Waals surface area (Å²) in [5, 5.41) is 22.5. The number of hydrogen-bond acceptors (Lipinski definition) is 5. The van der Waals surface area contributed by atoms with Crippen molar-refractivity contribution in [3.8, 4) is 17.2 Å². The highest BCUT2D eigenvalue weighted by molar-refractivity contribution is 5.85. The van der Waals surface area contributed by atoms with Crippen molar-refractivity contribution < 1.29 is 19.7 Å². The van der Waals surface area contributed by atoms with Gasteiger partial charge in [0.1, 0.15) is 17.2 Å². The monoisotopic (exact) mass is 300 g/mol. The van der Waals surface area contributed by atoms with Crippen molar-refractivity contribution >= 4 is 12.1 Å². The number of carbonyl (C=O) groups excluding carboxylic acids is 1. The number of ether oxygens (including phenoxy) is 1. The minimum Gasteiger partial charge on any atom is -0.508 e. The Kier molecular flexibility index (Phi) is 4.98. The number of methoxy groups -OCH3 is 1. The van der Waals surface area contributed by atoms with E-state index in [1.54, 1.807) is 25.3 Å². The minimum absolute atomic E-state index is 0.0447. The van der Waals surface area contributed by atoms with Crippen LogP contribution < -0.4 is 10.2 Å². The van der Waals surface area contributed by atoms with E-state index in [0.717, 1.165) is 5.56 Å². The Hall–Kier alpha value is -3.02. The summed E-state index contributed by atoms with van der Waals surface area (Å²) in [6.45, 7) is 0. The first kappa shape index (κ1) is 15.4. The summed E-state index contributed by atoms with van der Waals surface area (Å²) >= 11 is 0. The molecule has 0 aliphatic carbocycles. The molecule has 0 aliphatic heterocycles. The molecule has 114 valence electrons. The van der Waals surface area contributed by atoms with Crippen LogP contribution in [0.1, 0.15) is 11.1 Å². The highest BCUT2D eigenvalue weighted by atomic mass is 16.5.